The van der Waals surface area contributed by atoms with E-state index >= 15 is 0 Å². The van der Waals surface area contributed by atoms with Crippen LogP contribution in [0.3, 0.4) is 0 Å². The van der Waals surface area contributed by atoms with Gasteiger partial charge in [-0.3, -0.25) is 9.59 Å². The van der Waals surface area contributed by atoms with Gasteiger partial charge in [0.2, 0.25) is 5.91 Å². The summed E-state index contributed by atoms with van der Waals surface area (Å²) in [5, 5.41) is 0. The first-order valence-corrected chi connectivity index (χ1v) is 8.34. The van der Waals surface area contributed by atoms with Crippen molar-refractivity contribution in [1.82, 2.24) is 4.90 Å². The van der Waals surface area contributed by atoms with Crippen LogP contribution in [0, 0.1) is 11.8 Å². The number of hydrogen-bond donors (Lipinski definition) is 0. The molecule has 0 N–H and O–H groups in total. The van der Waals surface area contributed by atoms with Crippen molar-refractivity contribution in [1.29, 1.82) is 0 Å². The number of benzene rings is 1. The molecule has 2 rings (SSSR count). The second-order valence-corrected chi connectivity index (χ2v) is 6.90. The molecule has 0 spiro atoms. The van der Waals surface area contributed by atoms with Gasteiger partial charge in [-0.05, 0) is 30.7 Å². The Morgan fingerprint density at radius 2 is 2.05 bits per heavy atom. The molecule has 1 fully saturated rings. The Morgan fingerprint density at radius 3 is 2.71 bits per heavy atom. The van der Waals surface area contributed by atoms with Gasteiger partial charge in [0.05, 0.1) is 6.54 Å². The van der Waals surface area contributed by atoms with Gasteiger partial charge in [0, 0.05) is 23.0 Å². The highest BCUT2D eigenvalue weighted by atomic mass is 79.9. The van der Waals surface area contributed by atoms with Crippen LogP contribution in [0.5, 0.6) is 0 Å². The minimum absolute atomic E-state index is 0.00109. The molecule has 1 heterocycles. The summed E-state index contributed by atoms with van der Waals surface area (Å²) in [5.41, 5.74) is 0.648. The van der Waals surface area contributed by atoms with Gasteiger partial charge in [-0.1, -0.05) is 48.0 Å². The van der Waals surface area contributed by atoms with Crippen LogP contribution in [0.15, 0.2) is 28.7 Å². The zero-order valence-corrected chi connectivity index (χ0v) is 14.2. The van der Waals surface area contributed by atoms with E-state index in [1.165, 1.54) is 0 Å². The SMILES string of the molecule is CC(C)C1CCC(=O)N(CC(=O)c2ccccc2Br)CC1. The molecule has 1 saturated heterocycles. The number of carbonyl (C=O) groups excluding carboxylic acids is 2. The number of hydrogen-bond acceptors (Lipinski definition) is 2. The number of carbonyl (C=O) groups is 2. The van der Waals surface area contributed by atoms with E-state index in [9.17, 15) is 9.59 Å². The third kappa shape index (κ3) is 4.16. The maximum Gasteiger partial charge on any atom is 0.222 e. The molecule has 1 aromatic carbocycles. The van der Waals surface area contributed by atoms with Gasteiger partial charge in [-0.25, -0.2) is 0 Å². The number of amides is 1. The van der Waals surface area contributed by atoms with Crippen LogP contribution < -0.4 is 0 Å². The fourth-order valence-electron chi connectivity index (χ4n) is 2.84. The molecule has 1 amide bonds. The van der Waals surface area contributed by atoms with E-state index in [-0.39, 0.29) is 18.2 Å². The van der Waals surface area contributed by atoms with Gasteiger partial charge in [0.1, 0.15) is 0 Å². The Kier molecular flexibility index (Phi) is 5.57. The van der Waals surface area contributed by atoms with Crippen LogP contribution in [-0.2, 0) is 4.79 Å². The molecule has 1 atom stereocenters. The van der Waals surface area contributed by atoms with E-state index in [1.54, 1.807) is 11.0 Å². The highest BCUT2D eigenvalue weighted by Crippen LogP contribution is 2.25. The minimum atomic E-state index is -0.00109. The molecule has 0 saturated carbocycles. The van der Waals surface area contributed by atoms with Gasteiger partial charge in [-0.2, -0.15) is 0 Å². The number of halogens is 1. The summed E-state index contributed by atoms with van der Waals surface area (Å²) in [6, 6.07) is 7.38. The molecular weight excluding hydrogens is 330 g/mol. The van der Waals surface area contributed by atoms with E-state index in [1.807, 2.05) is 18.2 Å². The molecule has 1 unspecified atom stereocenters. The molecule has 114 valence electrons. The normalized spacial score (nSPS) is 19.7. The molecular formula is C17H22BrNO2. The molecule has 3 nitrogen and oxygen atoms in total. The number of ketones is 1. The summed E-state index contributed by atoms with van der Waals surface area (Å²) < 4.78 is 0.789. The van der Waals surface area contributed by atoms with Crippen molar-refractivity contribution in [2.75, 3.05) is 13.1 Å². The van der Waals surface area contributed by atoms with Crippen LogP contribution in [0.4, 0.5) is 0 Å². The van der Waals surface area contributed by atoms with Crippen molar-refractivity contribution < 1.29 is 9.59 Å². The Morgan fingerprint density at radius 1 is 1.33 bits per heavy atom. The predicted molar refractivity (Wildman–Crippen MR) is 87.2 cm³/mol. The standard InChI is InChI=1S/C17H22BrNO2/c1-12(2)13-7-8-17(21)19(10-9-13)11-16(20)14-5-3-4-6-15(14)18/h3-6,12-13H,7-11H2,1-2H3. The Balaban J connectivity index is 2.03. The van der Waals surface area contributed by atoms with Gasteiger partial charge in [-0.15, -0.1) is 0 Å². The number of likely N-dealkylation sites (tertiary alicyclic amines) is 1. The summed E-state index contributed by atoms with van der Waals surface area (Å²) in [6.07, 6.45) is 2.49. The van der Waals surface area contributed by atoms with E-state index in [0.717, 1.165) is 17.3 Å². The third-order valence-electron chi connectivity index (χ3n) is 4.30. The van der Waals surface area contributed by atoms with Crippen LogP contribution in [-0.4, -0.2) is 29.7 Å². The van der Waals surface area contributed by atoms with E-state index < -0.39 is 0 Å². The highest BCUT2D eigenvalue weighted by molar-refractivity contribution is 9.10. The maximum atomic E-state index is 12.4. The van der Waals surface area contributed by atoms with Crippen molar-refractivity contribution in [3.05, 3.63) is 34.3 Å². The maximum absolute atomic E-state index is 12.4. The van der Waals surface area contributed by atoms with Gasteiger partial charge in [0.15, 0.2) is 5.78 Å². The van der Waals surface area contributed by atoms with Crippen LogP contribution >= 0.6 is 15.9 Å². The lowest BCUT2D eigenvalue weighted by Crippen LogP contribution is -2.35. The molecule has 21 heavy (non-hydrogen) atoms. The smallest absolute Gasteiger partial charge is 0.222 e. The molecule has 1 aliphatic rings. The van der Waals surface area contributed by atoms with Gasteiger partial charge < -0.3 is 4.90 Å². The van der Waals surface area contributed by atoms with E-state index in [4.69, 9.17) is 0 Å². The first kappa shape index (κ1) is 16.2. The fraction of sp³-hybridized carbons (Fsp3) is 0.529. The number of Topliss-reactive ketones (excluding diaryl/α,β-unsaturated/α-hetero) is 1. The molecule has 0 radical (unpaired) electrons. The highest BCUT2D eigenvalue weighted by Gasteiger charge is 2.26. The molecule has 1 aromatic rings. The summed E-state index contributed by atoms with van der Waals surface area (Å²) in [7, 11) is 0. The lowest BCUT2D eigenvalue weighted by atomic mass is 9.89. The molecule has 0 aromatic heterocycles. The molecule has 0 bridgehead atoms. The average molecular weight is 352 g/mol. The third-order valence-corrected chi connectivity index (χ3v) is 4.99. The first-order chi connectivity index (χ1) is 9.99. The number of rotatable bonds is 4. The lowest BCUT2D eigenvalue weighted by molar-refractivity contribution is -0.130. The second kappa shape index (κ2) is 7.21. The van der Waals surface area contributed by atoms with E-state index in [2.05, 4.69) is 29.8 Å². The van der Waals surface area contributed by atoms with Crippen molar-refractivity contribution in [2.45, 2.75) is 33.1 Å². The minimum Gasteiger partial charge on any atom is -0.335 e. The summed E-state index contributed by atoms with van der Waals surface area (Å²) in [5.74, 6) is 1.28. The van der Waals surface area contributed by atoms with Crippen LogP contribution in [0.2, 0.25) is 0 Å². The molecule has 0 aliphatic carbocycles. The van der Waals surface area contributed by atoms with Crippen LogP contribution in [0.1, 0.15) is 43.5 Å². The Labute approximate surface area is 134 Å². The topological polar surface area (TPSA) is 37.4 Å². The lowest BCUT2D eigenvalue weighted by Gasteiger charge is -2.21. The van der Waals surface area contributed by atoms with Crippen molar-refractivity contribution in [2.24, 2.45) is 11.8 Å². The first-order valence-electron chi connectivity index (χ1n) is 7.54. The van der Waals surface area contributed by atoms with Crippen molar-refractivity contribution in [3.8, 4) is 0 Å². The zero-order chi connectivity index (χ0) is 15.4. The quantitative estimate of drug-likeness (QED) is 0.771. The molecule has 1 aliphatic heterocycles. The number of nitrogens with zero attached hydrogens (tertiary/aromatic N) is 1. The largest absolute Gasteiger partial charge is 0.335 e. The van der Waals surface area contributed by atoms with E-state index in [0.29, 0.717) is 30.4 Å². The summed E-state index contributed by atoms with van der Waals surface area (Å²) in [4.78, 5) is 26.3. The van der Waals surface area contributed by atoms with Gasteiger partial charge in [0.25, 0.3) is 0 Å². The fourth-order valence-corrected chi connectivity index (χ4v) is 3.34. The van der Waals surface area contributed by atoms with Crippen LogP contribution in [0.25, 0.3) is 0 Å². The Hall–Kier alpha value is -1.16. The zero-order valence-electron chi connectivity index (χ0n) is 12.6. The molecule has 4 heteroatoms. The monoisotopic (exact) mass is 351 g/mol. The van der Waals surface area contributed by atoms with Gasteiger partial charge >= 0.3 is 0 Å². The van der Waals surface area contributed by atoms with Crippen molar-refractivity contribution >= 4 is 27.6 Å². The summed E-state index contributed by atoms with van der Waals surface area (Å²) in [6.45, 7) is 5.29. The second-order valence-electron chi connectivity index (χ2n) is 6.05. The average Bonchev–Trinajstić information content (AvgIpc) is 2.62. The van der Waals surface area contributed by atoms with Crippen molar-refractivity contribution in [3.63, 3.8) is 0 Å². The Bertz CT molecular complexity index is 527. The summed E-state index contributed by atoms with van der Waals surface area (Å²) >= 11 is 3.40. The predicted octanol–water partition coefficient (Wildman–Crippen LogP) is 3.92.